The molecule has 18 heavy (non-hydrogen) atoms. The molecule has 0 saturated carbocycles. The highest BCUT2D eigenvalue weighted by atomic mass is 16.6. The smallest absolute Gasteiger partial charge is 0.325 e. The molecular weight excluding hydrogens is 236 g/mol. The average Bonchev–Trinajstić information content (AvgIpc) is 2.83. The highest BCUT2D eigenvalue weighted by Gasteiger charge is 2.27. The molecule has 0 bridgehead atoms. The summed E-state index contributed by atoms with van der Waals surface area (Å²) in [5, 5.41) is 3.96. The lowest BCUT2D eigenvalue weighted by atomic mass is 10.2. The van der Waals surface area contributed by atoms with Crippen LogP contribution in [0, 0.1) is 5.92 Å². The van der Waals surface area contributed by atoms with Crippen LogP contribution in [0.25, 0.3) is 0 Å². The molecule has 0 unspecified atom stereocenters. The zero-order valence-electron chi connectivity index (χ0n) is 10.4. The predicted octanol–water partition coefficient (Wildman–Crippen LogP) is 1.06. The van der Waals surface area contributed by atoms with E-state index in [4.69, 9.17) is 9.47 Å². The number of carbonyl (C=O) groups excluding carboxylic acids is 2. The molecule has 0 N–H and O–H groups in total. The van der Waals surface area contributed by atoms with Crippen LogP contribution < -0.4 is 0 Å². The molecule has 98 valence electrons. The van der Waals surface area contributed by atoms with Gasteiger partial charge in [0.25, 0.3) is 0 Å². The number of ether oxygens (including phenoxy) is 2. The number of carbonyl (C=O) groups is 2. The highest BCUT2D eigenvalue weighted by molar-refractivity contribution is 6.09. The second kappa shape index (κ2) is 7.26. The molecule has 1 rings (SSSR count). The lowest BCUT2D eigenvalue weighted by molar-refractivity contribution is -0.157. The minimum Gasteiger partial charge on any atom is -0.465 e. The molecule has 6 heteroatoms. The SMILES string of the molecule is CCOC(=O)C(C=Nn1cccc1)C(=O)OCC. The molecule has 1 aromatic heterocycles. The minimum absolute atomic E-state index is 0.200. The van der Waals surface area contributed by atoms with Gasteiger partial charge < -0.3 is 9.47 Å². The second-order valence-corrected chi connectivity index (χ2v) is 3.31. The Labute approximate surface area is 105 Å². The van der Waals surface area contributed by atoms with E-state index in [9.17, 15) is 9.59 Å². The maximum Gasteiger partial charge on any atom is 0.325 e. The van der Waals surface area contributed by atoms with E-state index in [-0.39, 0.29) is 13.2 Å². The van der Waals surface area contributed by atoms with Crippen molar-refractivity contribution >= 4 is 18.2 Å². The van der Waals surface area contributed by atoms with Gasteiger partial charge in [-0.1, -0.05) is 0 Å². The fraction of sp³-hybridized carbons (Fsp3) is 0.417. The van der Waals surface area contributed by atoms with Crippen molar-refractivity contribution in [2.24, 2.45) is 11.0 Å². The van der Waals surface area contributed by atoms with E-state index < -0.39 is 17.9 Å². The van der Waals surface area contributed by atoms with Crippen molar-refractivity contribution in [1.82, 2.24) is 4.68 Å². The van der Waals surface area contributed by atoms with Crippen molar-refractivity contribution < 1.29 is 19.1 Å². The van der Waals surface area contributed by atoms with E-state index in [1.165, 1.54) is 10.9 Å². The largest absolute Gasteiger partial charge is 0.465 e. The minimum atomic E-state index is -1.13. The predicted molar refractivity (Wildman–Crippen MR) is 65.1 cm³/mol. The summed E-state index contributed by atoms with van der Waals surface area (Å²) in [5.74, 6) is -2.45. The van der Waals surface area contributed by atoms with Gasteiger partial charge in [0, 0.05) is 12.4 Å². The molecule has 1 aromatic rings. The van der Waals surface area contributed by atoms with Crippen molar-refractivity contribution in [3.05, 3.63) is 24.5 Å². The van der Waals surface area contributed by atoms with Crippen LogP contribution in [0.2, 0.25) is 0 Å². The summed E-state index contributed by atoms with van der Waals surface area (Å²) in [6, 6.07) is 3.56. The molecule has 0 fully saturated rings. The van der Waals surface area contributed by atoms with Gasteiger partial charge >= 0.3 is 11.9 Å². The summed E-state index contributed by atoms with van der Waals surface area (Å²) in [6.45, 7) is 3.74. The molecule has 0 saturated heterocycles. The molecular formula is C12H16N2O4. The van der Waals surface area contributed by atoms with Crippen molar-refractivity contribution in [3.63, 3.8) is 0 Å². The normalized spacial score (nSPS) is 10.8. The number of hydrogen-bond donors (Lipinski definition) is 0. The first kappa shape index (κ1) is 14.0. The van der Waals surface area contributed by atoms with Gasteiger partial charge in [-0.15, -0.1) is 0 Å². The van der Waals surface area contributed by atoms with E-state index in [2.05, 4.69) is 5.10 Å². The van der Waals surface area contributed by atoms with Gasteiger partial charge in [-0.2, -0.15) is 5.10 Å². The van der Waals surface area contributed by atoms with Crippen LogP contribution in [-0.4, -0.2) is 36.0 Å². The van der Waals surface area contributed by atoms with Crippen molar-refractivity contribution in [3.8, 4) is 0 Å². The number of hydrogen-bond acceptors (Lipinski definition) is 5. The fourth-order valence-electron chi connectivity index (χ4n) is 1.23. The monoisotopic (exact) mass is 252 g/mol. The molecule has 0 aliphatic carbocycles. The lowest BCUT2D eigenvalue weighted by Crippen LogP contribution is -2.29. The topological polar surface area (TPSA) is 69.9 Å². The van der Waals surface area contributed by atoms with Gasteiger partial charge in [-0.25, -0.2) is 4.68 Å². The quantitative estimate of drug-likeness (QED) is 0.431. The van der Waals surface area contributed by atoms with Crippen molar-refractivity contribution in [2.75, 3.05) is 13.2 Å². The average molecular weight is 252 g/mol. The van der Waals surface area contributed by atoms with Crippen molar-refractivity contribution in [2.45, 2.75) is 13.8 Å². The first-order chi connectivity index (χ1) is 8.69. The van der Waals surface area contributed by atoms with Crippen molar-refractivity contribution in [1.29, 1.82) is 0 Å². The van der Waals surface area contributed by atoms with Gasteiger partial charge in [0.2, 0.25) is 0 Å². The first-order valence-corrected chi connectivity index (χ1v) is 5.69. The number of esters is 2. The van der Waals surface area contributed by atoms with E-state index in [1.807, 2.05) is 0 Å². The molecule has 0 aliphatic rings. The van der Waals surface area contributed by atoms with Crippen LogP contribution in [0.3, 0.4) is 0 Å². The number of nitrogens with zero attached hydrogens (tertiary/aromatic N) is 2. The highest BCUT2D eigenvalue weighted by Crippen LogP contribution is 2.02. The zero-order valence-corrected chi connectivity index (χ0v) is 10.4. The van der Waals surface area contributed by atoms with E-state index >= 15 is 0 Å². The first-order valence-electron chi connectivity index (χ1n) is 5.69. The molecule has 0 aromatic carbocycles. The van der Waals surface area contributed by atoms with Crippen LogP contribution in [0.4, 0.5) is 0 Å². The molecule has 0 spiro atoms. The van der Waals surface area contributed by atoms with Gasteiger partial charge in [-0.05, 0) is 26.0 Å². The Morgan fingerprint density at radius 3 is 2.11 bits per heavy atom. The molecule has 0 aliphatic heterocycles. The Morgan fingerprint density at radius 2 is 1.67 bits per heavy atom. The summed E-state index contributed by atoms with van der Waals surface area (Å²) in [5.41, 5.74) is 0. The van der Waals surface area contributed by atoms with Crippen LogP contribution in [0.15, 0.2) is 29.6 Å². The second-order valence-electron chi connectivity index (χ2n) is 3.31. The fourth-order valence-corrected chi connectivity index (χ4v) is 1.23. The summed E-state index contributed by atoms with van der Waals surface area (Å²) >= 11 is 0. The van der Waals surface area contributed by atoms with E-state index in [0.717, 1.165) is 0 Å². The van der Waals surface area contributed by atoms with Gasteiger partial charge in [0.1, 0.15) is 0 Å². The molecule has 0 atom stereocenters. The van der Waals surface area contributed by atoms with E-state index in [1.54, 1.807) is 38.4 Å². The Hall–Kier alpha value is -2.11. The Balaban J connectivity index is 2.77. The summed E-state index contributed by atoms with van der Waals surface area (Å²) in [6.07, 6.45) is 4.59. The Morgan fingerprint density at radius 1 is 1.17 bits per heavy atom. The molecule has 1 heterocycles. The standard InChI is InChI=1S/C12H16N2O4/c1-3-17-11(15)10(12(16)18-4-2)9-13-14-7-5-6-8-14/h5-10H,3-4H2,1-2H3. The summed E-state index contributed by atoms with van der Waals surface area (Å²) in [4.78, 5) is 23.2. The molecule has 6 nitrogen and oxygen atoms in total. The maximum atomic E-state index is 11.6. The van der Waals surface area contributed by atoms with Crippen LogP contribution >= 0.6 is 0 Å². The van der Waals surface area contributed by atoms with Crippen LogP contribution in [0.1, 0.15) is 13.8 Å². The third kappa shape index (κ3) is 4.04. The molecule has 0 amide bonds. The van der Waals surface area contributed by atoms with E-state index in [0.29, 0.717) is 0 Å². The van der Waals surface area contributed by atoms with Gasteiger partial charge in [-0.3, -0.25) is 9.59 Å². The van der Waals surface area contributed by atoms with Crippen LogP contribution in [0.5, 0.6) is 0 Å². The summed E-state index contributed by atoms with van der Waals surface area (Å²) in [7, 11) is 0. The Kier molecular flexibility index (Phi) is 5.63. The maximum absolute atomic E-state index is 11.6. The third-order valence-electron chi connectivity index (χ3n) is 2.02. The summed E-state index contributed by atoms with van der Waals surface area (Å²) < 4.78 is 11.1. The van der Waals surface area contributed by atoms with Gasteiger partial charge in [0.15, 0.2) is 5.92 Å². The van der Waals surface area contributed by atoms with Crippen LogP contribution in [-0.2, 0) is 19.1 Å². The third-order valence-corrected chi connectivity index (χ3v) is 2.02. The lowest BCUT2D eigenvalue weighted by Gasteiger charge is -2.09. The van der Waals surface area contributed by atoms with Gasteiger partial charge in [0.05, 0.1) is 19.4 Å². The molecule has 0 radical (unpaired) electrons. The number of aromatic nitrogens is 1. The number of rotatable bonds is 6. The zero-order chi connectivity index (χ0) is 13.4. The Bertz CT molecular complexity index is 394.